The monoisotopic (exact) mass is 407 g/mol. The van der Waals surface area contributed by atoms with Crippen molar-refractivity contribution in [2.24, 2.45) is 0 Å². The number of aromatic amines is 1. The summed E-state index contributed by atoms with van der Waals surface area (Å²) >= 11 is 0. The Hall–Kier alpha value is -2.88. The van der Waals surface area contributed by atoms with Crippen LogP contribution in [0.15, 0.2) is 29.3 Å². The number of anilines is 1. The highest BCUT2D eigenvalue weighted by Crippen LogP contribution is 2.53. The number of fused-ring (bicyclic) bond motifs is 2. The number of benzene rings is 1. The van der Waals surface area contributed by atoms with Crippen LogP contribution in [0.25, 0.3) is 11.2 Å². The number of imidazole rings is 1. The first kappa shape index (κ1) is 18.5. The molecule has 0 bridgehead atoms. The highest BCUT2D eigenvalue weighted by molar-refractivity contribution is 7.54. The van der Waals surface area contributed by atoms with Gasteiger partial charge in [0.25, 0.3) is 5.56 Å². The predicted molar refractivity (Wildman–Crippen MR) is 99.4 cm³/mol. The SMILES string of the molecule is COc1ccc2c(c1)COP(=O)(COCCn1cnc3c(=O)[nH]c(N)nc31)O2. The van der Waals surface area contributed by atoms with Crippen molar-refractivity contribution in [2.45, 2.75) is 13.2 Å². The van der Waals surface area contributed by atoms with Crippen molar-refractivity contribution >= 4 is 24.7 Å². The van der Waals surface area contributed by atoms with Gasteiger partial charge < -0.3 is 24.3 Å². The van der Waals surface area contributed by atoms with Crippen LogP contribution in [-0.2, 0) is 27.0 Å². The van der Waals surface area contributed by atoms with Gasteiger partial charge in [0.1, 0.15) is 11.5 Å². The van der Waals surface area contributed by atoms with Crippen molar-refractivity contribution in [2.75, 3.05) is 25.8 Å². The molecule has 12 heteroatoms. The summed E-state index contributed by atoms with van der Waals surface area (Å²) in [6, 6.07) is 5.18. The van der Waals surface area contributed by atoms with Crippen LogP contribution in [0.4, 0.5) is 5.95 Å². The quantitative estimate of drug-likeness (QED) is 0.459. The standard InChI is InChI=1S/C16H18N5O6P/c1-24-11-2-3-12-10(6-11)7-26-28(23,27-12)9-25-5-4-21-8-18-13-14(21)19-16(17)20-15(13)22/h2-3,6,8H,4-5,7,9H2,1H3,(H3,17,19,20,22). The first-order valence-electron chi connectivity index (χ1n) is 8.36. The summed E-state index contributed by atoms with van der Waals surface area (Å²) < 4.78 is 35.9. The lowest BCUT2D eigenvalue weighted by molar-refractivity contribution is 0.132. The number of nitrogen functional groups attached to an aromatic ring is 1. The number of hydrogen-bond acceptors (Lipinski definition) is 9. The molecule has 4 rings (SSSR count). The zero-order valence-electron chi connectivity index (χ0n) is 15.0. The molecule has 3 aromatic rings. The average molecular weight is 407 g/mol. The van der Waals surface area contributed by atoms with Crippen LogP contribution in [0.5, 0.6) is 11.5 Å². The minimum Gasteiger partial charge on any atom is -0.497 e. The summed E-state index contributed by atoms with van der Waals surface area (Å²) in [6.45, 7) is 0.664. The fourth-order valence-electron chi connectivity index (χ4n) is 2.77. The number of hydrogen-bond donors (Lipinski definition) is 2. The van der Waals surface area contributed by atoms with E-state index < -0.39 is 13.2 Å². The van der Waals surface area contributed by atoms with Crippen molar-refractivity contribution in [1.82, 2.24) is 19.5 Å². The first-order chi connectivity index (χ1) is 13.5. The van der Waals surface area contributed by atoms with E-state index in [0.29, 0.717) is 23.7 Å². The summed E-state index contributed by atoms with van der Waals surface area (Å²) in [5.41, 5.74) is 6.45. The van der Waals surface area contributed by atoms with Crippen LogP contribution in [0, 0.1) is 0 Å². The Labute approximate surface area is 158 Å². The van der Waals surface area contributed by atoms with E-state index in [4.69, 9.17) is 24.3 Å². The Bertz CT molecular complexity index is 1130. The Morgan fingerprint density at radius 3 is 3.11 bits per heavy atom. The number of nitrogens with two attached hydrogens (primary N) is 1. The van der Waals surface area contributed by atoms with Gasteiger partial charge in [0.05, 0.1) is 26.7 Å². The molecule has 0 amide bonds. The lowest BCUT2D eigenvalue weighted by atomic mass is 10.2. The second kappa shape index (κ2) is 7.27. The van der Waals surface area contributed by atoms with Crippen molar-refractivity contribution < 1.29 is 23.1 Å². The van der Waals surface area contributed by atoms with Crippen LogP contribution < -0.4 is 20.6 Å². The molecule has 1 atom stereocenters. The molecule has 1 aliphatic rings. The molecule has 28 heavy (non-hydrogen) atoms. The molecule has 2 aromatic heterocycles. The third-order valence-electron chi connectivity index (χ3n) is 4.14. The molecule has 1 aliphatic heterocycles. The van der Waals surface area contributed by atoms with Gasteiger partial charge in [-0.25, -0.2) is 9.55 Å². The first-order valence-corrected chi connectivity index (χ1v) is 10.1. The summed E-state index contributed by atoms with van der Waals surface area (Å²) in [5, 5.41) is 0. The van der Waals surface area contributed by atoms with Crippen molar-refractivity contribution in [3.8, 4) is 11.5 Å². The van der Waals surface area contributed by atoms with Crippen molar-refractivity contribution in [3.05, 3.63) is 40.4 Å². The second-order valence-electron chi connectivity index (χ2n) is 6.05. The maximum atomic E-state index is 12.7. The predicted octanol–water partition coefficient (Wildman–Crippen LogP) is 1.49. The molecule has 3 N–H and O–H groups in total. The van der Waals surface area contributed by atoms with E-state index in [9.17, 15) is 9.36 Å². The van der Waals surface area contributed by atoms with Gasteiger partial charge in [0.2, 0.25) is 5.95 Å². The highest BCUT2D eigenvalue weighted by Gasteiger charge is 2.32. The van der Waals surface area contributed by atoms with Crippen LogP contribution in [-0.4, -0.2) is 39.6 Å². The summed E-state index contributed by atoms with van der Waals surface area (Å²) in [4.78, 5) is 22.2. The molecule has 11 nitrogen and oxygen atoms in total. The van der Waals surface area contributed by atoms with E-state index in [0.717, 1.165) is 5.56 Å². The van der Waals surface area contributed by atoms with Crippen LogP contribution in [0.3, 0.4) is 0 Å². The largest absolute Gasteiger partial charge is 0.497 e. The summed E-state index contributed by atoms with van der Waals surface area (Å²) in [7, 11) is -1.85. The molecule has 3 heterocycles. The van der Waals surface area contributed by atoms with Gasteiger partial charge in [0, 0.05) is 12.1 Å². The van der Waals surface area contributed by atoms with Crippen molar-refractivity contribution in [3.63, 3.8) is 0 Å². The van der Waals surface area contributed by atoms with Crippen molar-refractivity contribution in [1.29, 1.82) is 0 Å². The normalized spacial score (nSPS) is 18.6. The zero-order chi connectivity index (χ0) is 19.7. The molecule has 0 radical (unpaired) electrons. The van der Waals surface area contributed by atoms with Gasteiger partial charge in [-0.1, -0.05) is 0 Å². The molecule has 0 aliphatic carbocycles. The molecular formula is C16H18N5O6P. The number of nitrogens with zero attached hydrogens (tertiary/aromatic N) is 3. The van der Waals surface area contributed by atoms with E-state index in [2.05, 4.69) is 15.0 Å². The number of rotatable bonds is 6. The van der Waals surface area contributed by atoms with Gasteiger partial charge in [-0.2, -0.15) is 4.98 Å². The fourth-order valence-corrected chi connectivity index (χ4v) is 4.11. The third-order valence-corrected chi connectivity index (χ3v) is 5.64. The van der Waals surface area contributed by atoms with E-state index in [1.165, 1.54) is 6.33 Å². The molecule has 0 spiro atoms. The maximum Gasteiger partial charge on any atom is 0.405 e. The number of ether oxygens (including phenoxy) is 2. The lowest BCUT2D eigenvalue weighted by Crippen LogP contribution is -2.15. The molecular weight excluding hydrogens is 389 g/mol. The minimum atomic E-state index is -3.42. The highest BCUT2D eigenvalue weighted by atomic mass is 31.2. The van der Waals surface area contributed by atoms with Gasteiger partial charge in [0.15, 0.2) is 17.5 Å². The Kier molecular flexibility index (Phi) is 4.80. The van der Waals surface area contributed by atoms with E-state index in [1.807, 2.05) is 0 Å². The second-order valence-corrected chi connectivity index (χ2v) is 7.97. The fraction of sp³-hybridized carbons (Fsp3) is 0.312. The zero-order valence-corrected chi connectivity index (χ0v) is 15.8. The van der Waals surface area contributed by atoms with Gasteiger partial charge in [-0.15, -0.1) is 0 Å². The number of aromatic nitrogens is 4. The van der Waals surface area contributed by atoms with Gasteiger partial charge >= 0.3 is 7.60 Å². The molecule has 1 unspecified atom stereocenters. The average Bonchev–Trinajstić information content (AvgIpc) is 3.08. The van der Waals surface area contributed by atoms with Gasteiger partial charge in [-0.05, 0) is 18.2 Å². The third kappa shape index (κ3) is 3.59. The van der Waals surface area contributed by atoms with Crippen LogP contribution >= 0.6 is 7.60 Å². The maximum absolute atomic E-state index is 12.7. The summed E-state index contributed by atoms with van der Waals surface area (Å²) in [6.07, 6.45) is 1.26. The molecule has 0 saturated carbocycles. The van der Waals surface area contributed by atoms with E-state index in [-0.39, 0.29) is 31.0 Å². The summed E-state index contributed by atoms with van der Waals surface area (Å²) in [5.74, 6) is 1.15. The number of methoxy groups -OCH3 is 1. The van der Waals surface area contributed by atoms with Crippen LogP contribution in [0.2, 0.25) is 0 Å². The molecule has 148 valence electrons. The molecule has 1 aromatic carbocycles. The van der Waals surface area contributed by atoms with Crippen LogP contribution in [0.1, 0.15) is 5.56 Å². The topological polar surface area (TPSA) is 144 Å². The number of H-pyrrole nitrogens is 1. The Balaban J connectivity index is 1.37. The number of nitrogens with one attached hydrogen (secondary N) is 1. The minimum absolute atomic E-state index is 0.00362. The molecule has 0 saturated heterocycles. The Morgan fingerprint density at radius 1 is 1.43 bits per heavy atom. The van der Waals surface area contributed by atoms with E-state index >= 15 is 0 Å². The van der Waals surface area contributed by atoms with E-state index in [1.54, 1.807) is 29.9 Å². The molecule has 0 fully saturated rings. The Morgan fingerprint density at radius 2 is 2.29 bits per heavy atom. The lowest BCUT2D eigenvalue weighted by Gasteiger charge is -2.26. The smallest absolute Gasteiger partial charge is 0.405 e. The van der Waals surface area contributed by atoms with Gasteiger partial charge in [-0.3, -0.25) is 14.3 Å².